The van der Waals surface area contributed by atoms with Crippen molar-refractivity contribution >= 4 is 11.9 Å². The van der Waals surface area contributed by atoms with Gasteiger partial charge in [-0.25, -0.2) is 4.79 Å². The molecule has 0 radical (unpaired) electrons. The van der Waals surface area contributed by atoms with Crippen LogP contribution in [0.1, 0.15) is 47.5 Å². The molecule has 1 heterocycles. The predicted molar refractivity (Wildman–Crippen MR) is 83.3 cm³/mol. The lowest BCUT2D eigenvalue weighted by atomic mass is 9.49. The molecule has 1 aliphatic heterocycles. The lowest BCUT2D eigenvalue weighted by Crippen LogP contribution is -2.64. The fraction of sp³-hybridized carbons (Fsp3) is 0.778. The normalized spacial score (nSPS) is 46.1. The fourth-order valence-electron chi connectivity index (χ4n) is 5.52. The van der Waals surface area contributed by atoms with Gasteiger partial charge in [-0.3, -0.25) is 4.79 Å². The van der Waals surface area contributed by atoms with Crippen molar-refractivity contribution in [2.45, 2.75) is 65.8 Å². The van der Waals surface area contributed by atoms with Crippen LogP contribution in [-0.4, -0.2) is 35.4 Å². The molecule has 5 heteroatoms. The number of ether oxygens (including phenoxy) is 2. The van der Waals surface area contributed by atoms with Crippen molar-refractivity contribution in [3.8, 4) is 0 Å². The van der Waals surface area contributed by atoms with Crippen LogP contribution >= 0.6 is 0 Å². The maximum atomic E-state index is 12.3. The number of aliphatic hydroxyl groups is 1. The molecule has 0 aromatic carbocycles. The van der Waals surface area contributed by atoms with E-state index in [-0.39, 0.29) is 35.2 Å². The van der Waals surface area contributed by atoms with Crippen molar-refractivity contribution in [1.82, 2.24) is 0 Å². The molecule has 2 fully saturated rings. The van der Waals surface area contributed by atoms with E-state index in [1.54, 1.807) is 6.92 Å². The lowest BCUT2D eigenvalue weighted by molar-refractivity contribution is -0.200. The summed E-state index contributed by atoms with van der Waals surface area (Å²) < 4.78 is 11.1. The van der Waals surface area contributed by atoms with Gasteiger partial charge in [-0.15, -0.1) is 0 Å². The highest BCUT2D eigenvalue weighted by Gasteiger charge is 2.63. The Balaban J connectivity index is 2.16. The second kappa shape index (κ2) is 5.33. The van der Waals surface area contributed by atoms with Crippen LogP contribution in [0.2, 0.25) is 0 Å². The summed E-state index contributed by atoms with van der Waals surface area (Å²) in [4.78, 5) is 23.8. The minimum absolute atomic E-state index is 0.0835. The van der Waals surface area contributed by atoms with Crippen LogP contribution in [0.15, 0.2) is 11.1 Å². The molecule has 1 unspecified atom stereocenters. The van der Waals surface area contributed by atoms with Gasteiger partial charge in [0.1, 0.15) is 12.2 Å². The summed E-state index contributed by atoms with van der Waals surface area (Å²) in [6.45, 7) is 9.31. The van der Waals surface area contributed by atoms with Gasteiger partial charge in [0.05, 0.1) is 6.10 Å². The van der Waals surface area contributed by atoms with Gasteiger partial charge >= 0.3 is 11.9 Å². The average molecular weight is 322 g/mol. The van der Waals surface area contributed by atoms with Gasteiger partial charge in [-0.2, -0.15) is 0 Å². The average Bonchev–Trinajstić information content (AvgIpc) is 2.45. The molecule has 3 aliphatic rings. The minimum atomic E-state index is -0.745. The third-order valence-corrected chi connectivity index (χ3v) is 6.35. The van der Waals surface area contributed by atoms with Crippen molar-refractivity contribution in [2.24, 2.45) is 23.2 Å². The molecule has 0 spiro atoms. The zero-order chi connectivity index (χ0) is 17.1. The number of aliphatic hydroxyl groups excluding tert-OH is 1. The Labute approximate surface area is 137 Å². The second-order valence-electron chi connectivity index (χ2n) is 7.65. The van der Waals surface area contributed by atoms with E-state index < -0.39 is 18.2 Å². The maximum Gasteiger partial charge on any atom is 0.334 e. The number of hydrogen-bond acceptors (Lipinski definition) is 5. The molecule has 7 atom stereocenters. The van der Waals surface area contributed by atoms with Gasteiger partial charge in [-0.1, -0.05) is 20.8 Å². The molecule has 0 bridgehead atoms. The SMILES string of the molecule is CC(=O)O[C@@H]1C(C)C2=C(C)C(=O)O[C@H]3CC[C@@H](C)[C@H]([C@@H]1O)[C@@]23C. The molecule has 1 N–H and O–H groups in total. The van der Waals surface area contributed by atoms with E-state index in [4.69, 9.17) is 9.47 Å². The molecular weight excluding hydrogens is 296 g/mol. The van der Waals surface area contributed by atoms with Gasteiger partial charge in [0.15, 0.2) is 0 Å². The Morgan fingerprint density at radius 2 is 2.00 bits per heavy atom. The van der Waals surface area contributed by atoms with Crippen molar-refractivity contribution in [2.75, 3.05) is 0 Å². The highest BCUT2D eigenvalue weighted by molar-refractivity contribution is 5.90. The zero-order valence-electron chi connectivity index (χ0n) is 14.5. The third-order valence-electron chi connectivity index (χ3n) is 6.35. The van der Waals surface area contributed by atoms with Gasteiger partial charge in [0.2, 0.25) is 0 Å². The van der Waals surface area contributed by atoms with E-state index in [0.29, 0.717) is 5.57 Å². The highest BCUT2D eigenvalue weighted by atomic mass is 16.6. The summed E-state index contributed by atoms with van der Waals surface area (Å²) >= 11 is 0. The Kier molecular flexibility index (Phi) is 3.82. The first-order valence-corrected chi connectivity index (χ1v) is 8.47. The molecule has 0 aromatic rings. The van der Waals surface area contributed by atoms with Crippen LogP contribution in [0.25, 0.3) is 0 Å². The van der Waals surface area contributed by atoms with Crippen LogP contribution in [-0.2, 0) is 19.1 Å². The van der Waals surface area contributed by atoms with Crippen molar-refractivity contribution in [1.29, 1.82) is 0 Å². The van der Waals surface area contributed by atoms with E-state index in [1.807, 2.05) is 6.92 Å². The molecule has 23 heavy (non-hydrogen) atoms. The maximum absolute atomic E-state index is 12.3. The molecule has 128 valence electrons. The number of carbonyl (C=O) groups excluding carboxylic acids is 2. The topological polar surface area (TPSA) is 72.8 Å². The number of rotatable bonds is 1. The lowest BCUT2D eigenvalue weighted by Gasteiger charge is -2.60. The van der Waals surface area contributed by atoms with Crippen molar-refractivity contribution < 1.29 is 24.2 Å². The molecule has 2 saturated carbocycles. The van der Waals surface area contributed by atoms with E-state index >= 15 is 0 Å². The first kappa shape index (κ1) is 16.5. The van der Waals surface area contributed by atoms with Crippen LogP contribution < -0.4 is 0 Å². The summed E-state index contributed by atoms with van der Waals surface area (Å²) in [6.07, 6.45) is 0.148. The molecule has 0 amide bonds. The van der Waals surface area contributed by atoms with Gasteiger partial charge in [-0.05, 0) is 31.3 Å². The third kappa shape index (κ3) is 2.16. The largest absolute Gasteiger partial charge is 0.459 e. The summed E-state index contributed by atoms with van der Waals surface area (Å²) in [5.74, 6) is -0.686. The second-order valence-corrected chi connectivity index (χ2v) is 7.65. The fourth-order valence-corrected chi connectivity index (χ4v) is 5.52. The first-order valence-electron chi connectivity index (χ1n) is 8.47. The van der Waals surface area contributed by atoms with E-state index in [2.05, 4.69) is 13.8 Å². The van der Waals surface area contributed by atoms with Crippen LogP contribution in [0.3, 0.4) is 0 Å². The predicted octanol–water partition coefficient (Wildman–Crippen LogP) is 2.22. The summed E-state index contributed by atoms with van der Waals surface area (Å²) in [6, 6.07) is 0. The first-order chi connectivity index (χ1) is 10.7. The molecular formula is C18H26O5. The Hall–Kier alpha value is -1.36. The van der Waals surface area contributed by atoms with Crippen molar-refractivity contribution in [3.05, 3.63) is 11.1 Å². The minimum Gasteiger partial charge on any atom is -0.459 e. The van der Waals surface area contributed by atoms with E-state index in [9.17, 15) is 14.7 Å². The Morgan fingerprint density at radius 1 is 1.35 bits per heavy atom. The van der Waals surface area contributed by atoms with Crippen LogP contribution in [0.5, 0.6) is 0 Å². The number of hydrogen-bond donors (Lipinski definition) is 1. The summed E-state index contributed by atoms with van der Waals surface area (Å²) in [5, 5.41) is 11.0. The smallest absolute Gasteiger partial charge is 0.334 e. The molecule has 2 aliphatic carbocycles. The Bertz CT molecular complexity index is 580. The van der Waals surface area contributed by atoms with Crippen molar-refractivity contribution in [3.63, 3.8) is 0 Å². The van der Waals surface area contributed by atoms with Gasteiger partial charge in [0, 0.05) is 29.7 Å². The van der Waals surface area contributed by atoms with Crippen LogP contribution in [0.4, 0.5) is 0 Å². The quantitative estimate of drug-likeness (QED) is 0.749. The van der Waals surface area contributed by atoms with Gasteiger partial charge in [0.25, 0.3) is 0 Å². The zero-order valence-corrected chi connectivity index (χ0v) is 14.5. The number of esters is 2. The summed E-state index contributed by atoms with van der Waals surface area (Å²) in [7, 11) is 0. The van der Waals surface area contributed by atoms with Crippen LogP contribution in [0, 0.1) is 23.2 Å². The highest BCUT2D eigenvalue weighted by Crippen LogP contribution is 2.60. The molecule has 0 saturated heterocycles. The Morgan fingerprint density at radius 3 is 2.61 bits per heavy atom. The standard InChI is InChI=1S/C18H26O5/c1-8-6-7-12-18(5)13(8)15(20)16(22-11(4)19)9(2)14(18)10(3)17(21)23-12/h8-9,12-13,15-16,20H,6-7H2,1-5H3/t8-,9?,12+,13-,15+,16-,18+/m1/s1. The molecule has 0 aromatic heterocycles. The van der Waals surface area contributed by atoms with Gasteiger partial charge < -0.3 is 14.6 Å². The number of carbonyl (C=O) groups is 2. The van der Waals surface area contributed by atoms with E-state index in [0.717, 1.165) is 18.4 Å². The summed E-state index contributed by atoms with van der Waals surface area (Å²) in [5.41, 5.74) is 1.23. The van der Waals surface area contributed by atoms with E-state index in [1.165, 1.54) is 6.92 Å². The molecule has 5 nitrogen and oxygen atoms in total. The molecule has 3 rings (SSSR count). The monoisotopic (exact) mass is 322 g/mol.